The zero-order valence-corrected chi connectivity index (χ0v) is 19.1. The lowest BCUT2D eigenvalue weighted by Crippen LogP contribution is -2.47. The first kappa shape index (κ1) is 22.2. The second-order valence-corrected chi connectivity index (χ2v) is 9.54. The molecule has 2 amide bonds. The van der Waals surface area contributed by atoms with Crippen molar-refractivity contribution in [1.82, 2.24) is 9.80 Å². The maximum absolute atomic E-state index is 13.6. The first-order valence-corrected chi connectivity index (χ1v) is 11.8. The fourth-order valence-electron chi connectivity index (χ4n) is 4.27. The van der Waals surface area contributed by atoms with Gasteiger partial charge in [0, 0.05) is 23.5 Å². The summed E-state index contributed by atoms with van der Waals surface area (Å²) in [6, 6.07) is 17.5. The van der Waals surface area contributed by atoms with E-state index in [0.29, 0.717) is 18.7 Å². The topological polar surface area (TPSA) is 40.6 Å². The molecule has 2 heterocycles. The van der Waals surface area contributed by atoms with Gasteiger partial charge in [0.2, 0.25) is 5.91 Å². The average molecular weight is 451 g/mol. The van der Waals surface area contributed by atoms with Crippen LogP contribution in [0, 0.1) is 11.7 Å². The van der Waals surface area contributed by atoms with Crippen LogP contribution in [-0.2, 0) is 11.2 Å². The summed E-state index contributed by atoms with van der Waals surface area (Å²) < 4.78 is 13.3. The van der Waals surface area contributed by atoms with Gasteiger partial charge in [0.25, 0.3) is 5.91 Å². The number of nitrogens with zero attached hydrogens (tertiary/aromatic N) is 2. The van der Waals surface area contributed by atoms with Crippen LogP contribution in [0.25, 0.3) is 0 Å². The Kier molecular flexibility index (Phi) is 6.70. The van der Waals surface area contributed by atoms with E-state index in [4.69, 9.17) is 0 Å². The Labute approximate surface area is 192 Å². The number of benzene rings is 2. The summed E-state index contributed by atoms with van der Waals surface area (Å²) in [4.78, 5) is 31.5. The van der Waals surface area contributed by atoms with Crippen molar-refractivity contribution >= 4 is 23.2 Å². The Balaban J connectivity index is 1.60. The Morgan fingerprint density at radius 2 is 1.81 bits per heavy atom. The van der Waals surface area contributed by atoms with E-state index in [2.05, 4.69) is 11.4 Å². The van der Waals surface area contributed by atoms with Crippen LogP contribution in [0.3, 0.4) is 0 Å². The smallest absolute Gasteiger partial charge is 0.254 e. The minimum absolute atomic E-state index is 0.00278. The third-order valence-electron chi connectivity index (χ3n) is 5.69. The van der Waals surface area contributed by atoms with Gasteiger partial charge < -0.3 is 9.80 Å². The van der Waals surface area contributed by atoms with E-state index in [1.165, 1.54) is 34.7 Å². The highest BCUT2D eigenvalue weighted by atomic mass is 32.1. The van der Waals surface area contributed by atoms with Gasteiger partial charge in [0.15, 0.2) is 0 Å². The van der Waals surface area contributed by atoms with Crippen LogP contribution in [0.15, 0.2) is 66.0 Å². The van der Waals surface area contributed by atoms with Crippen molar-refractivity contribution in [3.05, 3.63) is 93.4 Å². The van der Waals surface area contributed by atoms with E-state index >= 15 is 0 Å². The Bertz CT molecular complexity index is 1080. The number of fused-ring (bicyclic) bond motifs is 1. The second kappa shape index (κ2) is 9.65. The SMILES string of the molecule is CC(C)CN(CC(=O)N1CCc2sccc2C1c1ccccc1)C(=O)c1ccc(F)cc1. The monoisotopic (exact) mass is 450 g/mol. The van der Waals surface area contributed by atoms with E-state index in [-0.39, 0.29) is 30.3 Å². The summed E-state index contributed by atoms with van der Waals surface area (Å²) >= 11 is 1.73. The van der Waals surface area contributed by atoms with Crippen molar-refractivity contribution in [1.29, 1.82) is 0 Å². The zero-order valence-electron chi connectivity index (χ0n) is 18.3. The molecule has 1 unspecified atom stereocenters. The molecule has 1 aliphatic heterocycles. The normalized spacial score (nSPS) is 15.5. The van der Waals surface area contributed by atoms with Crippen molar-refractivity contribution in [2.24, 2.45) is 5.92 Å². The molecule has 32 heavy (non-hydrogen) atoms. The third kappa shape index (κ3) is 4.75. The van der Waals surface area contributed by atoms with Gasteiger partial charge in [-0.2, -0.15) is 0 Å². The first-order valence-electron chi connectivity index (χ1n) is 10.9. The lowest BCUT2D eigenvalue weighted by Gasteiger charge is -2.38. The van der Waals surface area contributed by atoms with E-state index < -0.39 is 5.82 Å². The molecule has 0 aliphatic carbocycles. The quantitative estimate of drug-likeness (QED) is 0.521. The average Bonchev–Trinajstić information content (AvgIpc) is 3.27. The molecular formula is C26H27FN2O2S. The number of rotatable bonds is 6. The summed E-state index contributed by atoms with van der Waals surface area (Å²) in [5.41, 5.74) is 2.62. The fraction of sp³-hybridized carbons (Fsp3) is 0.308. The molecule has 0 fully saturated rings. The summed E-state index contributed by atoms with van der Waals surface area (Å²) in [6.45, 7) is 5.10. The highest BCUT2D eigenvalue weighted by Crippen LogP contribution is 2.37. The van der Waals surface area contributed by atoms with Crippen LogP contribution in [0.5, 0.6) is 0 Å². The van der Waals surface area contributed by atoms with Crippen LogP contribution >= 0.6 is 11.3 Å². The lowest BCUT2D eigenvalue weighted by atomic mass is 9.93. The molecule has 0 N–H and O–H groups in total. The molecule has 0 bridgehead atoms. The standard InChI is InChI=1S/C26H27FN2O2S/c1-18(2)16-28(26(31)20-8-10-21(27)11-9-20)17-24(30)29-14-12-23-22(13-15-32-23)25(29)19-6-4-3-5-7-19/h3-11,13,15,18,25H,12,14,16-17H2,1-2H3. The largest absolute Gasteiger partial charge is 0.330 e. The predicted molar refractivity (Wildman–Crippen MR) is 125 cm³/mol. The number of carbonyl (C=O) groups excluding carboxylic acids is 2. The highest BCUT2D eigenvalue weighted by molar-refractivity contribution is 7.10. The molecule has 0 spiro atoms. The molecule has 6 heteroatoms. The molecule has 0 saturated carbocycles. The van der Waals surface area contributed by atoms with Crippen molar-refractivity contribution in [2.75, 3.05) is 19.6 Å². The highest BCUT2D eigenvalue weighted by Gasteiger charge is 2.34. The van der Waals surface area contributed by atoms with Crippen molar-refractivity contribution in [3.8, 4) is 0 Å². The minimum Gasteiger partial charge on any atom is -0.330 e. The number of hydrogen-bond donors (Lipinski definition) is 0. The molecule has 0 radical (unpaired) electrons. The van der Waals surface area contributed by atoms with Crippen LogP contribution in [0.2, 0.25) is 0 Å². The molecule has 166 valence electrons. The molecule has 4 nitrogen and oxygen atoms in total. The number of thiophene rings is 1. The predicted octanol–water partition coefficient (Wildman–Crippen LogP) is 5.16. The fourth-order valence-corrected chi connectivity index (χ4v) is 5.17. The van der Waals surface area contributed by atoms with Gasteiger partial charge in [-0.3, -0.25) is 9.59 Å². The number of amides is 2. The van der Waals surface area contributed by atoms with Gasteiger partial charge in [-0.15, -0.1) is 11.3 Å². The van der Waals surface area contributed by atoms with Crippen LogP contribution in [-0.4, -0.2) is 41.2 Å². The summed E-state index contributed by atoms with van der Waals surface area (Å²) in [5.74, 6) is -0.524. The van der Waals surface area contributed by atoms with E-state index in [0.717, 1.165) is 12.0 Å². The molecule has 3 aromatic rings. The van der Waals surface area contributed by atoms with Crippen LogP contribution < -0.4 is 0 Å². The Hall–Kier alpha value is -2.99. The van der Waals surface area contributed by atoms with E-state index in [1.54, 1.807) is 16.2 Å². The molecule has 1 aromatic heterocycles. The molecule has 4 rings (SSSR count). The number of carbonyl (C=O) groups is 2. The maximum atomic E-state index is 13.6. The van der Waals surface area contributed by atoms with E-state index in [9.17, 15) is 14.0 Å². The second-order valence-electron chi connectivity index (χ2n) is 8.54. The number of hydrogen-bond acceptors (Lipinski definition) is 3. The minimum atomic E-state index is -0.390. The number of halogens is 1. The van der Waals surface area contributed by atoms with Crippen molar-refractivity contribution in [2.45, 2.75) is 26.3 Å². The van der Waals surface area contributed by atoms with Gasteiger partial charge in [0.05, 0.1) is 6.04 Å². The first-order chi connectivity index (χ1) is 15.4. The van der Waals surface area contributed by atoms with Gasteiger partial charge in [-0.1, -0.05) is 44.2 Å². The van der Waals surface area contributed by atoms with Crippen LogP contribution in [0.1, 0.15) is 46.3 Å². The molecule has 2 aromatic carbocycles. The van der Waals surface area contributed by atoms with E-state index in [1.807, 2.05) is 49.1 Å². The molecule has 1 atom stereocenters. The maximum Gasteiger partial charge on any atom is 0.254 e. The summed E-state index contributed by atoms with van der Waals surface area (Å²) in [5, 5.41) is 2.08. The summed E-state index contributed by atoms with van der Waals surface area (Å²) in [6.07, 6.45) is 0.818. The third-order valence-corrected chi connectivity index (χ3v) is 6.69. The van der Waals surface area contributed by atoms with Gasteiger partial charge in [-0.05, 0) is 59.2 Å². The molecular weight excluding hydrogens is 423 g/mol. The van der Waals surface area contributed by atoms with Gasteiger partial charge >= 0.3 is 0 Å². The molecule has 0 saturated heterocycles. The van der Waals surface area contributed by atoms with Gasteiger partial charge in [-0.25, -0.2) is 4.39 Å². The Morgan fingerprint density at radius 3 is 2.50 bits per heavy atom. The summed E-state index contributed by atoms with van der Waals surface area (Å²) in [7, 11) is 0. The van der Waals surface area contributed by atoms with Crippen molar-refractivity contribution < 1.29 is 14.0 Å². The van der Waals surface area contributed by atoms with Crippen LogP contribution in [0.4, 0.5) is 4.39 Å². The zero-order chi connectivity index (χ0) is 22.7. The lowest BCUT2D eigenvalue weighted by molar-refractivity contribution is -0.134. The van der Waals surface area contributed by atoms with Crippen molar-refractivity contribution in [3.63, 3.8) is 0 Å². The molecule has 1 aliphatic rings. The van der Waals surface area contributed by atoms with Gasteiger partial charge in [0.1, 0.15) is 12.4 Å². The Morgan fingerprint density at radius 1 is 1.09 bits per heavy atom.